The van der Waals surface area contributed by atoms with Crippen molar-refractivity contribution >= 4 is 0 Å². The van der Waals surface area contributed by atoms with Gasteiger partial charge in [0.15, 0.2) is 0 Å². The molecule has 18 heavy (non-hydrogen) atoms. The zero-order valence-corrected chi connectivity index (χ0v) is 11.9. The molecule has 1 aromatic rings. The summed E-state index contributed by atoms with van der Waals surface area (Å²) in [6.07, 6.45) is 9.01. The molecule has 4 heteroatoms. The summed E-state index contributed by atoms with van der Waals surface area (Å²) in [5.74, 6) is 0. The Morgan fingerprint density at radius 3 is 2.72 bits per heavy atom. The summed E-state index contributed by atoms with van der Waals surface area (Å²) in [5.41, 5.74) is 4.87. The van der Waals surface area contributed by atoms with Crippen LogP contribution in [-0.4, -0.2) is 26.6 Å². The van der Waals surface area contributed by atoms with Crippen LogP contribution in [-0.2, 0) is 13.1 Å². The average Bonchev–Trinajstić information content (AvgIpc) is 2.77. The lowest BCUT2D eigenvalue weighted by molar-refractivity contribution is 0.0427. The van der Waals surface area contributed by atoms with Crippen LogP contribution in [0.25, 0.3) is 0 Å². The van der Waals surface area contributed by atoms with Crippen molar-refractivity contribution in [3.8, 4) is 0 Å². The molecule has 0 radical (unpaired) electrons. The number of piperidine rings is 1. The van der Waals surface area contributed by atoms with E-state index in [4.69, 9.17) is 0 Å². The Kier molecular flexibility index (Phi) is 4.78. The van der Waals surface area contributed by atoms with E-state index in [0.29, 0.717) is 12.1 Å². The molecule has 1 saturated heterocycles. The van der Waals surface area contributed by atoms with Crippen molar-refractivity contribution in [3.63, 3.8) is 0 Å². The lowest BCUT2D eigenvalue weighted by Crippen LogP contribution is -2.51. The largest absolute Gasteiger partial charge is 0.333 e. The second-order valence-corrected chi connectivity index (χ2v) is 5.45. The smallest absolute Gasteiger partial charge is 0.0948 e. The maximum Gasteiger partial charge on any atom is 0.0948 e. The highest BCUT2D eigenvalue weighted by atomic mass is 15.5. The molecule has 1 fully saturated rings. The molecule has 1 aliphatic rings. The minimum Gasteiger partial charge on any atom is -0.333 e. The van der Waals surface area contributed by atoms with Crippen LogP contribution in [0.2, 0.25) is 0 Å². The van der Waals surface area contributed by atoms with E-state index in [0.717, 1.165) is 19.5 Å². The molecule has 2 rings (SSSR count). The standard InChI is InChI=1S/C14H26N4/c1-4-8-17-11-15-9-14(17)10-16-18-12(2)6-5-7-13(18)3/h9,11-13,16H,4-8,10H2,1-3H3. The Bertz CT molecular complexity index is 350. The van der Waals surface area contributed by atoms with Crippen LogP contribution in [0.5, 0.6) is 0 Å². The van der Waals surface area contributed by atoms with Crippen LogP contribution in [0, 0.1) is 0 Å². The zero-order chi connectivity index (χ0) is 13.0. The van der Waals surface area contributed by atoms with Crippen molar-refractivity contribution in [3.05, 3.63) is 18.2 Å². The highest BCUT2D eigenvalue weighted by molar-refractivity contribution is 4.97. The fourth-order valence-corrected chi connectivity index (χ4v) is 2.84. The van der Waals surface area contributed by atoms with Crippen molar-refractivity contribution in [2.75, 3.05) is 0 Å². The summed E-state index contributed by atoms with van der Waals surface area (Å²) >= 11 is 0. The van der Waals surface area contributed by atoms with Gasteiger partial charge in [-0.1, -0.05) is 13.3 Å². The zero-order valence-electron chi connectivity index (χ0n) is 11.9. The van der Waals surface area contributed by atoms with Crippen LogP contribution in [0.3, 0.4) is 0 Å². The summed E-state index contributed by atoms with van der Waals surface area (Å²) in [7, 11) is 0. The molecule has 1 aromatic heterocycles. The molecule has 0 aliphatic carbocycles. The number of hydrogen-bond acceptors (Lipinski definition) is 3. The summed E-state index contributed by atoms with van der Waals surface area (Å²) < 4.78 is 2.24. The number of hydrogen-bond donors (Lipinski definition) is 1. The fourth-order valence-electron chi connectivity index (χ4n) is 2.84. The Morgan fingerprint density at radius 2 is 2.06 bits per heavy atom. The summed E-state index contributed by atoms with van der Waals surface area (Å²) in [4.78, 5) is 4.25. The van der Waals surface area contributed by atoms with Gasteiger partial charge in [-0.2, -0.15) is 0 Å². The molecule has 4 nitrogen and oxygen atoms in total. The van der Waals surface area contributed by atoms with Gasteiger partial charge in [-0.05, 0) is 33.1 Å². The van der Waals surface area contributed by atoms with Gasteiger partial charge < -0.3 is 4.57 Å². The first-order valence-corrected chi connectivity index (χ1v) is 7.23. The van der Waals surface area contributed by atoms with Gasteiger partial charge in [0.1, 0.15) is 0 Å². The predicted octanol–water partition coefficient (Wildman–Crippen LogP) is 2.56. The van der Waals surface area contributed by atoms with E-state index in [9.17, 15) is 0 Å². The second-order valence-electron chi connectivity index (χ2n) is 5.45. The molecular formula is C14H26N4. The third kappa shape index (κ3) is 3.12. The number of hydrazine groups is 1. The number of nitrogens with zero attached hydrogens (tertiary/aromatic N) is 3. The van der Waals surface area contributed by atoms with Crippen molar-refractivity contribution in [2.45, 2.75) is 71.6 Å². The van der Waals surface area contributed by atoms with Crippen LogP contribution in [0.1, 0.15) is 52.1 Å². The number of imidazole rings is 1. The van der Waals surface area contributed by atoms with Crippen molar-refractivity contribution in [2.24, 2.45) is 0 Å². The van der Waals surface area contributed by atoms with Crippen LogP contribution < -0.4 is 5.43 Å². The molecule has 1 aliphatic heterocycles. The lowest BCUT2D eigenvalue weighted by atomic mass is 10.00. The minimum atomic E-state index is 0.635. The topological polar surface area (TPSA) is 33.1 Å². The van der Waals surface area contributed by atoms with E-state index < -0.39 is 0 Å². The molecule has 0 bridgehead atoms. The van der Waals surface area contributed by atoms with Crippen LogP contribution in [0.15, 0.2) is 12.5 Å². The van der Waals surface area contributed by atoms with Gasteiger partial charge in [0.25, 0.3) is 0 Å². The molecule has 1 N–H and O–H groups in total. The van der Waals surface area contributed by atoms with E-state index in [2.05, 4.69) is 40.8 Å². The van der Waals surface area contributed by atoms with Gasteiger partial charge in [-0.15, -0.1) is 0 Å². The predicted molar refractivity (Wildman–Crippen MR) is 74.0 cm³/mol. The van der Waals surface area contributed by atoms with E-state index in [1.807, 2.05) is 12.5 Å². The molecule has 102 valence electrons. The van der Waals surface area contributed by atoms with Gasteiger partial charge >= 0.3 is 0 Å². The Hall–Kier alpha value is -0.870. The first-order chi connectivity index (χ1) is 8.72. The van der Waals surface area contributed by atoms with Crippen LogP contribution >= 0.6 is 0 Å². The summed E-state index contributed by atoms with van der Waals surface area (Å²) in [6, 6.07) is 1.27. The number of nitrogens with one attached hydrogen (secondary N) is 1. The van der Waals surface area contributed by atoms with Gasteiger partial charge in [-0.3, -0.25) is 0 Å². The van der Waals surface area contributed by atoms with Gasteiger partial charge in [0.05, 0.1) is 18.6 Å². The third-order valence-electron chi connectivity index (χ3n) is 3.90. The summed E-state index contributed by atoms with van der Waals surface area (Å²) in [6.45, 7) is 8.76. The first kappa shape index (κ1) is 13.6. The molecule has 0 aromatic carbocycles. The highest BCUT2D eigenvalue weighted by Crippen LogP contribution is 2.20. The first-order valence-electron chi connectivity index (χ1n) is 7.23. The summed E-state index contributed by atoms with van der Waals surface area (Å²) in [5, 5.41) is 2.42. The lowest BCUT2D eigenvalue weighted by Gasteiger charge is -2.39. The molecule has 0 saturated carbocycles. The highest BCUT2D eigenvalue weighted by Gasteiger charge is 2.24. The fraction of sp³-hybridized carbons (Fsp3) is 0.786. The van der Waals surface area contributed by atoms with E-state index >= 15 is 0 Å². The second kappa shape index (κ2) is 6.34. The Labute approximate surface area is 110 Å². The van der Waals surface area contributed by atoms with Crippen molar-refractivity contribution in [1.29, 1.82) is 0 Å². The quantitative estimate of drug-likeness (QED) is 0.872. The Morgan fingerprint density at radius 1 is 1.33 bits per heavy atom. The third-order valence-corrected chi connectivity index (χ3v) is 3.90. The van der Waals surface area contributed by atoms with Gasteiger partial charge in [0.2, 0.25) is 0 Å². The maximum atomic E-state index is 4.25. The molecule has 2 heterocycles. The van der Waals surface area contributed by atoms with E-state index in [-0.39, 0.29) is 0 Å². The number of aryl methyl sites for hydroxylation is 1. The average molecular weight is 250 g/mol. The van der Waals surface area contributed by atoms with Gasteiger partial charge in [-0.25, -0.2) is 15.4 Å². The van der Waals surface area contributed by atoms with Crippen molar-refractivity contribution < 1.29 is 0 Å². The van der Waals surface area contributed by atoms with E-state index in [1.54, 1.807) is 0 Å². The molecule has 2 atom stereocenters. The number of aromatic nitrogens is 2. The van der Waals surface area contributed by atoms with Gasteiger partial charge in [0, 0.05) is 24.8 Å². The minimum absolute atomic E-state index is 0.635. The monoisotopic (exact) mass is 250 g/mol. The maximum absolute atomic E-state index is 4.25. The molecular weight excluding hydrogens is 224 g/mol. The normalized spacial score (nSPS) is 25.5. The Balaban J connectivity index is 1.91. The van der Waals surface area contributed by atoms with Crippen LogP contribution in [0.4, 0.5) is 0 Å². The molecule has 2 unspecified atom stereocenters. The SMILES string of the molecule is CCCn1cncc1CNN1C(C)CCCC1C. The molecule has 0 spiro atoms. The number of rotatable bonds is 5. The molecule has 0 amide bonds. The van der Waals surface area contributed by atoms with Crippen molar-refractivity contribution in [1.82, 2.24) is 20.0 Å². The van der Waals surface area contributed by atoms with E-state index in [1.165, 1.54) is 25.0 Å².